The molecule has 2 rings (SSSR count). The van der Waals surface area contributed by atoms with Gasteiger partial charge in [0.15, 0.2) is 0 Å². The zero-order valence-electron chi connectivity index (χ0n) is 13.3. The first-order valence-electron chi connectivity index (χ1n) is 7.36. The van der Waals surface area contributed by atoms with E-state index >= 15 is 0 Å². The van der Waals surface area contributed by atoms with Gasteiger partial charge < -0.3 is 9.42 Å². The van der Waals surface area contributed by atoms with Gasteiger partial charge >= 0.3 is 13.8 Å². The van der Waals surface area contributed by atoms with Crippen molar-refractivity contribution < 1.29 is 22.8 Å². The van der Waals surface area contributed by atoms with Crippen molar-refractivity contribution >= 4 is 57.3 Å². The van der Waals surface area contributed by atoms with E-state index in [0.717, 1.165) is 21.4 Å². The molecule has 0 aliphatic heterocycles. The van der Waals surface area contributed by atoms with Gasteiger partial charge in [-0.05, 0) is 51.3 Å². The Hall–Kier alpha value is -0.660. The highest BCUT2D eigenvalue weighted by molar-refractivity contribution is 9.10. The van der Waals surface area contributed by atoms with E-state index in [1.807, 2.05) is 30.3 Å². The fourth-order valence-electron chi connectivity index (χ4n) is 1.89. The molecule has 1 N–H and O–H groups in total. The lowest BCUT2D eigenvalue weighted by Gasteiger charge is -2.14. The molecule has 0 aliphatic carbocycles. The fraction of sp³-hybridized carbons (Fsp3) is 0.176. The molecule has 0 saturated heterocycles. The smallest absolute Gasteiger partial charge is 0.420 e. The van der Waals surface area contributed by atoms with Crippen LogP contribution in [-0.2, 0) is 10.3 Å². The lowest BCUT2D eigenvalue weighted by atomic mass is 10.2. The summed E-state index contributed by atoms with van der Waals surface area (Å²) >= 11 is 8.25. The zero-order chi connectivity index (χ0) is 19.2. The van der Waals surface area contributed by atoms with Gasteiger partial charge in [0.05, 0.1) is 4.47 Å². The molecule has 1 atom stereocenters. The second kappa shape index (κ2) is 10.0. The van der Waals surface area contributed by atoms with E-state index in [1.165, 1.54) is 6.07 Å². The van der Waals surface area contributed by atoms with Crippen molar-refractivity contribution in [3.05, 3.63) is 68.6 Å². The summed E-state index contributed by atoms with van der Waals surface area (Å²) in [7, 11) is -4.97. The summed E-state index contributed by atoms with van der Waals surface area (Å²) < 4.78 is 42.0. The number of hydrogen-bond acceptors (Lipinski definition) is 3. The Morgan fingerprint density at radius 1 is 1.19 bits per heavy atom. The predicted molar refractivity (Wildman–Crippen MR) is 110 cm³/mol. The van der Waals surface area contributed by atoms with Gasteiger partial charge in [0.2, 0.25) is 0 Å². The Morgan fingerprint density at radius 2 is 1.88 bits per heavy atom. The van der Waals surface area contributed by atoms with Gasteiger partial charge in [-0.3, -0.25) is 0 Å². The Kier molecular flexibility index (Phi) is 8.36. The summed E-state index contributed by atoms with van der Waals surface area (Å²) in [4.78, 5) is 9.10. The average Bonchev–Trinajstić information content (AvgIpc) is 2.58. The molecule has 26 heavy (non-hydrogen) atoms. The first kappa shape index (κ1) is 21.6. The summed E-state index contributed by atoms with van der Waals surface area (Å²) in [6.07, 6.45) is 0.655. The molecule has 0 fully saturated rings. The molecular formula is C17H15Br2F2O3PS. The normalized spacial score (nSPS) is 13.9. The number of rotatable bonds is 8. The van der Waals surface area contributed by atoms with Crippen LogP contribution in [0.1, 0.15) is 11.1 Å². The van der Waals surface area contributed by atoms with E-state index in [4.69, 9.17) is 4.89 Å². The number of benzene rings is 2. The predicted octanol–water partition coefficient (Wildman–Crippen LogP) is 6.95. The van der Waals surface area contributed by atoms with Crippen LogP contribution >= 0.6 is 51.2 Å². The molecule has 0 heterocycles. The highest BCUT2D eigenvalue weighted by Crippen LogP contribution is 2.50. The Labute approximate surface area is 171 Å². The Morgan fingerprint density at radius 3 is 2.50 bits per heavy atom. The third-order valence-corrected chi connectivity index (χ3v) is 6.20. The molecule has 140 valence electrons. The van der Waals surface area contributed by atoms with Crippen LogP contribution in [0.4, 0.5) is 8.78 Å². The lowest BCUT2D eigenvalue weighted by molar-refractivity contribution is 0.188. The van der Waals surface area contributed by atoms with Gasteiger partial charge in [0, 0.05) is 16.0 Å². The van der Waals surface area contributed by atoms with Crippen molar-refractivity contribution in [3.8, 4) is 5.75 Å². The molecule has 3 nitrogen and oxygen atoms in total. The molecule has 2 aromatic rings. The molecular weight excluding hydrogens is 513 g/mol. The van der Waals surface area contributed by atoms with Crippen molar-refractivity contribution in [2.75, 3.05) is 5.75 Å². The quantitative estimate of drug-likeness (QED) is 0.298. The van der Waals surface area contributed by atoms with E-state index in [-0.39, 0.29) is 5.75 Å². The second-order valence-electron chi connectivity index (χ2n) is 5.17. The second-order valence-corrected chi connectivity index (χ2v) is 9.67. The van der Waals surface area contributed by atoms with Gasteiger partial charge in [-0.25, -0.2) is 4.57 Å². The molecule has 0 amide bonds. The number of thioether (sulfide) groups is 1. The van der Waals surface area contributed by atoms with Crippen LogP contribution in [0, 0.1) is 0 Å². The first-order chi connectivity index (χ1) is 12.3. The summed E-state index contributed by atoms with van der Waals surface area (Å²) in [5, 5.41) is 0. The van der Waals surface area contributed by atoms with Gasteiger partial charge in [-0.2, -0.15) is 20.5 Å². The lowest BCUT2D eigenvalue weighted by Crippen LogP contribution is -2.01. The minimum Gasteiger partial charge on any atom is -0.420 e. The van der Waals surface area contributed by atoms with Crippen LogP contribution < -0.4 is 4.52 Å². The van der Waals surface area contributed by atoms with Gasteiger partial charge in [-0.15, -0.1) is 0 Å². The van der Waals surface area contributed by atoms with Gasteiger partial charge in [0.25, 0.3) is 0 Å². The van der Waals surface area contributed by atoms with Crippen molar-refractivity contribution in [2.45, 2.75) is 11.9 Å². The number of alkyl halides is 2. The molecule has 0 bridgehead atoms. The maximum absolute atomic E-state index is 12.4. The fourth-order valence-corrected chi connectivity index (χ4v) is 4.07. The summed E-state index contributed by atoms with van der Waals surface area (Å²) in [6.45, 7) is 0. The highest BCUT2D eigenvalue weighted by Gasteiger charge is 2.34. The topological polar surface area (TPSA) is 46.5 Å². The van der Waals surface area contributed by atoms with Crippen LogP contribution in [0.2, 0.25) is 0 Å². The molecule has 0 aliphatic rings. The van der Waals surface area contributed by atoms with Crippen molar-refractivity contribution in [2.24, 2.45) is 0 Å². The molecule has 9 heteroatoms. The average molecular weight is 528 g/mol. The summed E-state index contributed by atoms with van der Waals surface area (Å²) in [5.74, 6) is 1.43. The zero-order valence-corrected chi connectivity index (χ0v) is 18.2. The first-order valence-corrected chi connectivity index (χ1v) is 11.7. The molecule has 0 spiro atoms. The molecule has 1 unspecified atom stereocenters. The monoisotopic (exact) mass is 526 g/mol. The van der Waals surface area contributed by atoms with E-state index in [2.05, 4.69) is 42.5 Å². The Bertz CT molecular complexity index is 816. The van der Waals surface area contributed by atoms with Crippen LogP contribution in [0.25, 0.3) is 6.08 Å². The SMILES string of the molecule is O=P(O)(Oc1ccc(CSCC=Cc2ccc(Br)cc2)cc1Br)C(F)F. The third kappa shape index (κ3) is 6.82. The molecule has 2 aromatic carbocycles. The van der Waals surface area contributed by atoms with E-state index in [1.54, 1.807) is 23.9 Å². The minimum absolute atomic E-state index is 0.0833. The van der Waals surface area contributed by atoms with E-state index in [9.17, 15) is 13.3 Å². The highest BCUT2D eigenvalue weighted by atomic mass is 79.9. The standard InChI is InChI=1S/C17H15Br2F2O3PS/c18-14-6-3-12(4-7-14)2-1-9-26-11-13-5-8-16(15(19)10-13)24-25(22,23)17(20)21/h1-8,10,17H,9,11H2,(H,22,23). The van der Waals surface area contributed by atoms with E-state index < -0.39 is 13.8 Å². The van der Waals surface area contributed by atoms with E-state index in [0.29, 0.717) is 10.2 Å². The van der Waals surface area contributed by atoms with Gasteiger partial charge in [-0.1, -0.05) is 46.3 Å². The van der Waals surface area contributed by atoms with Crippen molar-refractivity contribution in [3.63, 3.8) is 0 Å². The maximum Gasteiger partial charge on any atom is 0.442 e. The van der Waals surface area contributed by atoms with Gasteiger partial charge in [0.1, 0.15) is 5.75 Å². The summed E-state index contributed by atoms with van der Waals surface area (Å²) in [6, 6.07) is 12.8. The molecule has 0 aromatic heterocycles. The maximum atomic E-state index is 12.4. The number of hydrogen-bond donors (Lipinski definition) is 1. The largest absolute Gasteiger partial charge is 0.442 e. The molecule has 0 radical (unpaired) electrons. The van der Waals surface area contributed by atoms with Crippen LogP contribution in [0.5, 0.6) is 5.75 Å². The van der Waals surface area contributed by atoms with Crippen LogP contribution in [0.15, 0.2) is 57.5 Å². The molecule has 0 saturated carbocycles. The third-order valence-electron chi connectivity index (χ3n) is 3.14. The summed E-state index contributed by atoms with van der Waals surface area (Å²) in [5.41, 5.74) is 2.06. The minimum atomic E-state index is -4.97. The Balaban J connectivity index is 1.86. The number of halogens is 4. The van der Waals surface area contributed by atoms with Crippen LogP contribution in [0.3, 0.4) is 0 Å². The van der Waals surface area contributed by atoms with Crippen molar-refractivity contribution in [1.82, 2.24) is 0 Å². The van der Waals surface area contributed by atoms with Crippen molar-refractivity contribution in [1.29, 1.82) is 0 Å². The van der Waals surface area contributed by atoms with Crippen LogP contribution in [-0.4, -0.2) is 16.8 Å².